The molecule has 2 aliphatic rings. The van der Waals surface area contributed by atoms with Gasteiger partial charge in [0.2, 0.25) is 6.29 Å². The van der Waals surface area contributed by atoms with Gasteiger partial charge in [-0.15, -0.1) is 0 Å². The Labute approximate surface area is 71.0 Å². The molecule has 0 aromatic heterocycles. The number of hydrogen-bond donors (Lipinski definition) is 0. The monoisotopic (exact) mass is 155 g/mol. The van der Waals surface area contributed by atoms with Gasteiger partial charge in [0.15, 0.2) is 0 Å². The Morgan fingerprint density at radius 1 is 0.917 bits per heavy atom. The number of hydrogen-bond acceptors (Lipinski definition) is 1. The van der Waals surface area contributed by atoms with Crippen molar-refractivity contribution in [1.82, 2.24) is 0 Å². The van der Waals surface area contributed by atoms with Gasteiger partial charge in [-0.1, -0.05) is 36.4 Å². The van der Waals surface area contributed by atoms with E-state index in [1.54, 1.807) is 6.07 Å². The van der Waals surface area contributed by atoms with Gasteiger partial charge in [0.25, 0.3) is 0 Å². The number of rotatable bonds is 1. The Balaban J connectivity index is 2.72. The van der Waals surface area contributed by atoms with Crippen LogP contribution in [0.5, 0.6) is 0 Å². The molecule has 57 valence electrons. The van der Waals surface area contributed by atoms with Gasteiger partial charge in [-0.05, 0) is 17.2 Å². The molecule has 1 nitrogen and oxygen atoms in total. The van der Waals surface area contributed by atoms with Crippen LogP contribution in [-0.4, -0.2) is 6.29 Å². The van der Waals surface area contributed by atoms with E-state index in [0.717, 1.165) is 11.1 Å². The maximum Gasteiger partial charge on any atom is 0.234 e. The molecule has 0 heterocycles. The Kier molecular flexibility index (Phi) is 1.63. The molecule has 0 bridgehead atoms. The summed E-state index contributed by atoms with van der Waals surface area (Å²) in [6.45, 7) is 0. The molecule has 0 aromatic carbocycles. The largest absolute Gasteiger partial charge is 0.285 e. The predicted molar refractivity (Wildman–Crippen MR) is 47.9 cm³/mol. The van der Waals surface area contributed by atoms with Crippen molar-refractivity contribution in [2.45, 2.75) is 0 Å². The molecule has 0 saturated carbocycles. The molecule has 12 heavy (non-hydrogen) atoms. The van der Waals surface area contributed by atoms with Crippen LogP contribution in [0.3, 0.4) is 0 Å². The van der Waals surface area contributed by atoms with Crippen LogP contribution in [-0.2, 0) is 4.79 Å². The van der Waals surface area contributed by atoms with Crippen molar-refractivity contribution in [3.63, 3.8) is 0 Å². The maximum absolute atomic E-state index is 10.5. The highest BCUT2D eigenvalue weighted by Gasteiger charge is 2.05. The van der Waals surface area contributed by atoms with E-state index in [9.17, 15) is 4.79 Å². The van der Waals surface area contributed by atoms with Gasteiger partial charge in [-0.2, -0.15) is 0 Å². The fraction of sp³-hybridized carbons (Fsp3) is 0. The van der Waals surface area contributed by atoms with Gasteiger partial charge in [0.1, 0.15) is 0 Å². The molecule has 0 N–H and O–H groups in total. The Morgan fingerprint density at radius 3 is 2.58 bits per heavy atom. The summed E-state index contributed by atoms with van der Waals surface area (Å²) >= 11 is 0. The molecule has 0 amide bonds. The van der Waals surface area contributed by atoms with Crippen molar-refractivity contribution < 1.29 is 4.79 Å². The zero-order valence-corrected chi connectivity index (χ0v) is 6.45. The Morgan fingerprint density at radius 2 is 1.75 bits per heavy atom. The lowest BCUT2D eigenvalue weighted by Gasteiger charge is -1.90. The average Bonchev–Trinajstić information content (AvgIpc) is 2.33. The van der Waals surface area contributed by atoms with E-state index >= 15 is 0 Å². The fourth-order valence-corrected chi connectivity index (χ4v) is 1.30. The average molecular weight is 155 g/mol. The van der Waals surface area contributed by atoms with Gasteiger partial charge >= 0.3 is 0 Å². The molecule has 0 unspecified atom stereocenters. The minimum Gasteiger partial charge on any atom is -0.285 e. The maximum atomic E-state index is 10.5. The van der Waals surface area contributed by atoms with Crippen LogP contribution in [0.25, 0.3) is 11.1 Å². The summed E-state index contributed by atoms with van der Waals surface area (Å²) in [5.41, 5.74) is 2.69. The van der Waals surface area contributed by atoms with Crippen molar-refractivity contribution in [2.24, 2.45) is 0 Å². The van der Waals surface area contributed by atoms with Gasteiger partial charge in [0.05, 0.1) is 0 Å². The summed E-state index contributed by atoms with van der Waals surface area (Å²) in [6, 6.07) is 13.4. The molecule has 0 spiro atoms. The summed E-state index contributed by atoms with van der Waals surface area (Å²) in [7, 11) is 0. The summed E-state index contributed by atoms with van der Waals surface area (Å²) in [4.78, 5) is 10.5. The van der Waals surface area contributed by atoms with Crippen LogP contribution in [0.15, 0.2) is 42.5 Å². The number of carbonyl (C=O) groups excluding carboxylic acids is 1. The first-order chi connectivity index (χ1) is 5.92. The van der Waals surface area contributed by atoms with Crippen LogP contribution < -0.4 is 0 Å². The lowest BCUT2D eigenvalue weighted by Crippen LogP contribution is -1.76. The zero-order chi connectivity index (χ0) is 8.39. The van der Waals surface area contributed by atoms with Crippen molar-refractivity contribution >= 4 is 6.29 Å². The first-order valence-corrected chi connectivity index (χ1v) is 3.78. The van der Waals surface area contributed by atoms with Crippen LogP contribution in [0, 0.1) is 0 Å². The van der Waals surface area contributed by atoms with E-state index in [0.29, 0.717) is 5.56 Å². The SMILES string of the molecule is O=[C]c1ccc2cccccc1-2. The van der Waals surface area contributed by atoms with Crippen LogP contribution in [0.4, 0.5) is 0 Å². The molecule has 1 heteroatoms. The first kappa shape index (κ1) is 7.04. The third-order valence-corrected chi connectivity index (χ3v) is 1.90. The topological polar surface area (TPSA) is 17.1 Å². The Hall–Kier alpha value is -1.63. The number of fused-ring (bicyclic) bond motifs is 1. The van der Waals surface area contributed by atoms with Gasteiger partial charge in [-0.25, -0.2) is 0 Å². The van der Waals surface area contributed by atoms with Gasteiger partial charge in [0, 0.05) is 5.56 Å². The minimum absolute atomic E-state index is 0.640. The van der Waals surface area contributed by atoms with E-state index in [1.165, 1.54) is 0 Å². The highest BCUT2D eigenvalue weighted by molar-refractivity contribution is 5.89. The predicted octanol–water partition coefficient (Wildman–Crippen LogP) is 2.25. The standard InChI is InChI=1S/C11H7O/c12-8-10-7-6-9-4-2-1-3-5-11(9)10/h1-7H. The second-order valence-electron chi connectivity index (χ2n) is 2.63. The summed E-state index contributed by atoms with van der Waals surface area (Å²) in [6.07, 6.45) is 1.91. The van der Waals surface area contributed by atoms with Gasteiger partial charge in [-0.3, -0.25) is 4.79 Å². The summed E-state index contributed by atoms with van der Waals surface area (Å²) in [5.74, 6) is 0. The molecule has 0 atom stereocenters. The molecule has 0 aromatic rings. The van der Waals surface area contributed by atoms with Crippen molar-refractivity contribution in [3.8, 4) is 11.1 Å². The normalized spacial score (nSPS) is 10.0. The highest BCUT2D eigenvalue weighted by atomic mass is 16.1. The molecule has 0 aliphatic heterocycles. The molecule has 2 aliphatic carbocycles. The third kappa shape index (κ3) is 0.996. The molecule has 0 saturated heterocycles. The molecule has 1 radical (unpaired) electrons. The van der Waals surface area contributed by atoms with Crippen molar-refractivity contribution in [2.75, 3.05) is 0 Å². The van der Waals surface area contributed by atoms with E-state index in [4.69, 9.17) is 0 Å². The quantitative estimate of drug-likeness (QED) is 0.617. The van der Waals surface area contributed by atoms with E-state index in [-0.39, 0.29) is 0 Å². The lowest BCUT2D eigenvalue weighted by atomic mass is 10.1. The van der Waals surface area contributed by atoms with Crippen LogP contribution in [0.2, 0.25) is 0 Å². The molecule has 2 rings (SSSR count). The second kappa shape index (κ2) is 2.78. The summed E-state index contributed by atoms with van der Waals surface area (Å²) < 4.78 is 0. The molecule has 0 fully saturated rings. The Bertz CT molecular complexity index is 379. The summed E-state index contributed by atoms with van der Waals surface area (Å²) in [5, 5.41) is 0. The van der Waals surface area contributed by atoms with Gasteiger partial charge < -0.3 is 0 Å². The zero-order valence-electron chi connectivity index (χ0n) is 6.45. The van der Waals surface area contributed by atoms with Crippen molar-refractivity contribution in [3.05, 3.63) is 48.0 Å². The highest BCUT2D eigenvalue weighted by Crippen LogP contribution is 2.24. The fourth-order valence-electron chi connectivity index (χ4n) is 1.30. The van der Waals surface area contributed by atoms with Crippen LogP contribution in [0.1, 0.15) is 5.56 Å². The van der Waals surface area contributed by atoms with E-state index < -0.39 is 0 Å². The van der Waals surface area contributed by atoms with E-state index in [2.05, 4.69) is 0 Å². The lowest BCUT2D eigenvalue weighted by molar-refractivity contribution is 0.563. The van der Waals surface area contributed by atoms with Crippen LogP contribution >= 0.6 is 0 Å². The second-order valence-corrected chi connectivity index (χ2v) is 2.63. The van der Waals surface area contributed by atoms with Crippen molar-refractivity contribution in [1.29, 1.82) is 0 Å². The minimum atomic E-state index is 0.640. The van der Waals surface area contributed by atoms with E-state index in [1.807, 2.05) is 42.7 Å². The molecular formula is C11H7O. The first-order valence-electron chi connectivity index (χ1n) is 3.78. The smallest absolute Gasteiger partial charge is 0.234 e. The molecular weight excluding hydrogens is 148 g/mol. The third-order valence-electron chi connectivity index (χ3n) is 1.90.